The average molecular weight is 364 g/mol. The highest BCUT2D eigenvalue weighted by atomic mass is 16.6. The SMILES string of the molecule is CC=C(C)C(=O)O[C@H]1[C@@H]2[C@H](C)C(=O)O[C@@H]2C[C@@H](C)[C@@H]2[C@H](O)CC(=O)[C@]21C. The number of carbonyl (C=O) groups excluding carboxylic acids is 3. The van der Waals surface area contributed by atoms with Gasteiger partial charge in [0, 0.05) is 23.8 Å². The minimum Gasteiger partial charge on any atom is -0.462 e. The Morgan fingerprint density at radius 3 is 2.62 bits per heavy atom. The van der Waals surface area contributed by atoms with E-state index in [0.717, 1.165) is 0 Å². The highest BCUT2D eigenvalue weighted by molar-refractivity contribution is 5.91. The summed E-state index contributed by atoms with van der Waals surface area (Å²) in [7, 11) is 0. The van der Waals surface area contributed by atoms with E-state index in [-0.39, 0.29) is 35.9 Å². The van der Waals surface area contributed by atoms with Crippen LogP contribution in [0.25, 0.3) is 0 Å². The quantitative estimate of drug-likeness (QED) is 0.596. The first-order valence-electron chi connectivity index (χ1n) is 9.38. The van der Waals surface area contributed by atoms with Crippen LogP contribution in [-0.4, -0.2) is 41.1 Å². The lowest BCUT2D eigenvalue weighted by Gasteiger charge is -2.40. The summed E-state index contributed by atoms with van der Waals surface area (Å²) in [5.74, 6) is -2.12. The summed E-state index contributed by atoms with van der Waals surface area (Å²) in [6, 6.07) is 0. The zero-order valence-electron chi connectivity index (χ0n) is 16.0. The minimum atomic E-state index is -1.02. The van der Waals surface area contributed by atoms with E-state index in [1.165, 1.54) is 0 Å². The van der Waals surface area contributed by atoms with Crippen molar-refractivity contribution in [3.05, 3.63) is 11.6 Å². The number of rotatable bonds is 2. The van der Waals surface area contributed by atoms with Crippen LogP contribution in [0.4, 0.5) is 0 Å². The normalized spacial score (nSPS) is 45.6. The highest BCUT2D eigenvalue weighted by Crippen LogP contribution is 2.56. The predicted octanol–water partition coefficient (Wildman–Crippen LogP) is 2.04. The molecule has 1 aliphatic heterocycles. The summed E-state index contributed by atoms with van der Waals surface area (Å²) in [4.78, 5) is 37.7. The van der Waals surface area contributed by atoms with Crippen LogP contribution in [0.1, 0.15) is 47.5 Å². The third-order valence-corrected chi connectivity index (χ3v) is 6.90. The van der Waals surface area contributed by atoms with Crippen LogP contribution in [0.15, 0.2) is 11.6 Å². The lowest BCUT2D eigenvalue weighted by molar-refractivity contribution is -0.165. The van der Waals surface area contributed by atoms with Gasteiger partial charge < -0.3 is 14.6 Å². The van der Waals surface area contributed by atoms with Crippen molar-refractivity contribution in [2.75, 3.05) is 0 Å². The van der Waals surface area contributed by atoms with E-state index in [9.17, 15) is 19.5 Å². The van der Waals surface area contributed by atoms with Crippen LogP contribution < -0.4 is 0 Å². The molecule has 6 heteroatoms. The fourth-order valence-electron chi connectivity index (χ4n) is 5.36. The molecule has 0 unspecified atom stereocenters. The molecule has 0 radical (unpaired) electrons. The Balaban J connectivity index is 2.10. The molecule has 0 aromatic heterocycles. The van der Waals surface area contributed by atoms with Gasteiger partial charge in [-0.2, -0.15) is 0 Å². The summed E-state index contributed by atoms with van der Waals surface area (Å²) in [6.07, 6.45) is 0.306. The summed E-state index contributed by atoms with van der Waals surface area (Å²) in [5, 5.41) is 10.6. The van der Waals surface area contributed by atoms with Gasteiger partial charge in [0.25, 0.3) is 0 Å². The molecule has 3 aliphatic rings. The molecule has 2 aliphatic carbocycles. The lowest BCUT2D eigenvalue weighted by Crippen LogP contribution is -2.51. The van der Waals surface area contributed by atoms with Gasteiger partial charge in [-0.1, -0.05) is 19.9 Å². The van der Waals surface area contributed by atoms with Crippen LogP contribution in [0.3, 0.4) is 0 Å². The van der Waals surface area contributed by atoms with E-state index in [1.54, 1.807) is 33.8 Å². The largest absolute Gasteiger partial charge is 0.462 e. The molecule has 3 rings (SSSR count). The maximum Gasteiger partial charge on any atom is 0.333 e. The molecule has 6 nitrogen and oxygen atoms in total. The number of hydrogen-bond donors (Lipinski definition) is 1. The molecule has 1 saturated heterocycles. The van der Waals surface area contributed by atoms with Crippen molar-refractivity contribution in [1.29, 1.82) is 0 Å². The Hall–Kier alpha value is -1.69. The topological polar surface area (TPSA) is 89.9 Å². The van der Waals surface area contributed by atoms with Gasteiger partial charge in [0.1, 0.15) is 18.0 Å². The first-order valence-corrected chi connectivity index (χ1v) is 9.38. The number of esters is 2. The average Bonchev–Trinajstić information content (AvgIpc) is 2.94. The number of ketones is 1. The third kappa shape index (κ3) is 2.61. The monoisotopic (exact) mass is 364 g/mol. The van der Waals surface area contributed by atoms with Crippen molar-refractivity contribution in [1.82, 2.24) is 0 Å². The second kappa shape index (κ2) is 6.48. The number of fused-ring (bicyclic) bond motifs is 2. The molecular weight excluding hydrogens is 336 g/mol. The molecule has 1 N–H and O–H groups in total. The van der Waals surface area contributed by atoms with Gasteiger partial charge in [-0.25, -0.2) is 4.79 Å². The van der Waals surface area contributed by atoms with E-state index in [2.05, 4.69) is 0 Å². The van der Waals surface area contributed by atoms with Crippen molar-refractivity contribution in [2.45, 2.75) is 65.8 Å². The van der Waals surface area contributed by atoms with Gasteiger partial charge in [-0.15, -0.1) is 0 Å². The number of carbonyl (C=O) groups is 3. The number of ether oxygens (including phenoxy) is 2. The van der Waals surface area contributed by atoms with Crippen LogP contribution in [0, 0.1) is 29.1 Å². The zero-order valence-corrected chi connectivity index (χ0v) is 16.0. The lowest BCUT2D eigenvalue weighted by atomic mass is 9.66. The molecule has 3 fully saturated rings. The van der Waals surface area contributed by atoms with Crippen LogP contribution in [0.5, 0.6) is 0 Å². The smallest absolute Gasteiger partial charge is 0.333 e. The third-order valence-electron chi connectivity index (χ3n) is 6.90. The van der Waals surface area contributed by atoms with Crippen molar-refractivity contribution in [3.63, 3.8) is 0 Å². The summed E-state index contributed by atoms with van der Waals surface area (Å²) < 4.78 is 11.4. The van der Waals surface area contributed by atoms with Gasteiger partial charge in [0.05, 0.1) is 17.4 Å². The number of aliphatic hydroxyl groups is 1. The molecule has 0 bridgehead atoms. The van der Waals surface area contributed by atoms with Crippen molar-refractivity contribution in [2.24, 2.45) is 29.1 Å². The Labute approximate surface area is 153 Å². The fraction of sp³-hybridized carbons (Fsp3) is 0.750. The van der Waals surface area contributed by atoms with Crippen molar-refractivity contribution < 1.29 is 29.0 Å². The summed E-state index contributed by atoms with van der Waals surface area (Å²) in [5.41, 5.74) is -0.577. The molecule has 0 spiro atoms. The number of aliphatic hydroxyl groups excluding tert-OH is 1. The second-order valence-electron chi connectivity index (χ2n) is 8.36. The molecule has 0 aromatic rings. The second-order valence-corrected chi connectivity index (χ2v) is 8.36. The number of hydrogen-bond acceptors (Lipinski definition) is 6. The van der Waals surface area contributed by atoms with Crippen LogP contribution >= 0.6 is 0 Å². The van der Waals surface area contributed by atoms with Crippen LogP contribution in [-0.2, 0) is 23.9 Å². The van der Waals surface area contributed by atoms with Crippen LogP contribution in [0.2, 0.25) is 0 Å². The van der Waals surface area contributed by atoms with E-state index in [4.69, 9.17) is 9.47 Å². The molecule has 2 saturated carbocycles. The summed E-state index contributed by atoms with van der Waals surface area (Å²) in [6.45, 7) is 8.92. The first kappa shape index (κ1) is 19.1. The van der Waals surface area contributed by atoms with Crippen molar-refractivity contribution in [3.8, 4) is 0 Å². The van der Waals surface area contributed by atoms with E-state index >= 15 is 0 Å². The van der Waals surface area contributed by atoms with Gasteiger partial charge in [0.15, 0.2) is 0 Å². The summed E-state index contributed by atoms with van der Waals surface area (Å²) >= 11 is 0. The molecule has 144 valence electrons. The zero-order chi connectivity index (χ0) is 19.4. The van der Waals surface area contributed by atoms with E-state index < -0.39 is 35.6 Å². The molecule has 8 atom stereocenters. The molecule has 1 heterocycles. The van der Waals surface area contributed by atoms with E-state index in [0.29, 0.717) is 12.0 Å². The number of allylic oxidation sites excluding steroid dienone is 1. The molecule has 0 amide bonds. The number of Topliss-reactive ketones (excluding diaryl/α,β-unsaturated/α-hetero) is 1. The highest BCUT2D eigenvalue weighted by Gasteiger charge is 2.66. The Kier molecular flexibility index (Phi) is 4.76. The fourth-order valence-corrected chi connectivity index (χ4v) is 5.36. The van der Waals surface area contributed by atoms with Gasteiger partial charge in [-0.3, -0.25) is 9.59 Å². The van der Waals surface area contributed by atoms with Crippen molar-refractivity contribution >= 4 is 17.7 Å². The van der Waals surface area contributed by atoms with Gasteiger partial charge in [-0.05, 0) is 33.1 Å². The first-order chi connectivity index (χ1) is 12.1. The standard InChI is InChI=1S/C20H28O6/c1-6-9(2)18(23)26-17-15-11(4)19(24)25-13(15)7-10(3)16-12(21)8-14(22)20(16,17)5/h6,10-13,15-17,21H,7-8H2,1-5H3/t10-,11+,12-,13-,15-,16-,17+,20-/m1/s1. The maximum absolute atomic E-state index is 13.0. The predicted molar refractivity (Wildman–Crippen MR) is 92.9 cm³/mol. The van der Waals surface area contributed by atoms with E-state index in [1.807, 2.05) is 6.92 Å². The molecule has 0 aromatic carbocycles. The van der Waals surface area contributed by atoms with Gasteiger partial charge >= 0.3 is 11.9 Å². The Bertz CT molecular complexity index is 667. The Morgan fingerprint density at radius 2 is 2.00 bits per heavy atom. The minimum absolute atomic E-state index is 0.0291. The molecule has 26 heavy (non-hydrogen) atoms. The maximum atomic E-state index is 13.0. The van der Waals surface area contributed by atoms with Gasteiger partial charge in [0.2, 0.25) is 0 Å². The molecular formula is C20H28O6. The Morgan fingerprint density at radius 1 is 1.35 bits per heavy atom.